The quantitative estimate of drug-likeness (QED) is 0.656. The number of pyridine rings is 1. The second-order valence-electron chi connectivity index (χ2n) is 3.34. The van der Waals surface area contributed by atoms with Crippen molar-refractivity contribution < 1.29 is 0 Å². The maximum atomic E-state index is 5.99. The zero-order chi connectivity index (χ0) is 10.1. The van der Waals surface area contributed by atoms with Crippen molar-refractivity contribution in [3.63, 3.8) is 0 Å². The van der Waals surface area contributed by atoms with E-state index in [4.69, 9.17) is 11.6 Å². The highest BCUT2D eigenvalue weighted by molar-refractivity contribution is 6.31. The number of aryl methyl sites for hydroxylation is 2. The van der Waals surface area contributed by atoms with E-state index in [0.717, 1.165) is 5.69 Å². The molecule has 0 aliphatic carbocycles. The average molecular weight is 207 g/mol. The van der Waals surface area contributed by atoms with Crippen molar-refractivity contribution in [2.45, 2.75) is 13.8 Å². The van der Waals surface area contributed by atoms with Crippen LogP contribution >= 0.6 is 11.6 Å². The Morgan fingerprint density at radius 3 is 2.43 bits per heavy atom. The van der Waals surface area contributed by atoms with Crippen molar-refractivity contribution in [2.24, 2.45) is 0 Å². The summed E-state index contributed by atoms with van der Waals surface area (Å²) in [7, 11) is 0. The van der Waals surface area contributed by atoms with Crippen LogP contribution in [-0.4, -0.2) is 9.55 Å². The molecule has 3 heteroatoms. The fraction of sp³-hybridized carbons (Fsp3) is 0.182. The summed E-state index contributed by atoms with van der Waals surface area (Å²) in [6.45, 7) is 4.16. The summed E-state index contributed by atoms with van der Waals surface area (Å²) < 4.78 is 2.00. The molecule has 2 heterocycles. The minimum absolute atomic E-state index is 0.530. The fourth-order valence-corrected chi connectivity index (χ4v) is 1.58. The van der Waals surface area contributed by atoms with E-state index in [1.54, 1.807) is 6.20 Å². The molecule has 0 saturated carbocycles. The summed E-state index contributed by atoms with van der Waals surface area (Å²) in [5.41, 5.74) is 3.43. The van der Waals surface area contributed by atoms with Crippen molar-refractivity contribution in [2.75, 3.05) is 0 Å². The topological polar surface area (TPSA) is 17.8 Å². The van der Waals surface area contributed by atoms with Gasteiger partial charge in [-0.2, -0.15) is 0 Å². The molecule has 0 fully saturated rings. The lowest BCUT2D eigenvalue weighted by Gasteiger charge is -2.03. The molecule has 14 heavy (non-hydrogen) atoms. The van der Waals surface area contributed by atoms with Crippen LogP contribution in [0.15, 0.2) is 30.7 Å². The Balaban J connectivity index is 2.55. The van der Waals surface area contributed by atoms with E-state index < -0.39 is 0 Å². The van der Waals surface area contributed by atoms with E-state index >= 15 is 0 Å². The van der Waals surface area contributed by atoms with E-state index in [2.05, 4.69) is 31.2 Å². The van der Waals surface area contributed by atoms with Gasteiger partial charge < -0.3 is 4.57 Å². The van der Waals surface area contributed by atoms with E-state index in [9.17, 15) is 0 Å². The Morgan fingerprint density at radius 1 is 1.21 bits per heavy atom. The highest BCUT2D eigenvalue weighted by atomic mass is 35.5. The normalized spacial score (nSPS) is 10.5. The van der Waals surface area contributed by atoms with Gasteiger partial charge in [-0.15, -0.1) is 0 Å². The Hall–Kier alpha value is -1.28. The lowest BCUT2D eigenvalue weighted by atomic mass is 10.2. The summed E-state index contributed by atoms with van der Waals surface area (Å²) in [6.07, 6.45) is 5.80. The van der Waals surface area contributed by atoms with Gasteiger partial charge in [0, 0.05) is 18.6 Å². The van der Waals surface area contributed by atoms with Gasteiger partial charge in [0.05, 0.1) is 5.69 Å². The van der Waals surface area contributed by atoms with Crippen LogP contribution in [0.1, 0.15) is 11.1 Å². The van der Waals surface area contributed by atoms with E-state index in [0.29, 0.717) is 5.15 Å². The van der Waals surface area contributed by atoms with Crippen molar-refractivity contribution in [1.29, 1.82) is 0 Å². The predicted molar refractivity (Wildman–Crippen MR) is 58.0 cm³/mol. The number of hydrogen-bond donors (Lipinski definition) is 0. The van der Waals surface area contributed by atoms with Crippen molar-refractivity contribution >= 4 is 11.6 Å². The Kier molecular flexibility index (Phi) is 2.30. The van der Waals surface area contributed by atoms with E-state index in [1.165, 1.54) is 11.1 Å². The van der Waals surface area contributed by atoms with Gasteiger partial charge in [0.15, 0.2) is 5.15 Å². The lowest BCUT2D eigenvalue weighted by Crippen LogP contribution is -1.92. The molecule has 0 amide bonds. The summed E-state index contributed by atoms with van der Waals surface area (Å²) in [5, 5.41) is 0.530. The Morgan fingerprint density at radius 2 is 1.86 bits per heavy atom. The van der Waals surface area contributed by atoms with Gasteiger partial charge in [-0.3, -0.25) is 0 Å². The molecule has 0 atom stereocenters. The van der Waals surface area contributed by atoms with Crippen LogP contribution < -0.4 is 0 Å². The van der Waals surface area contributed by atoms with Crippen LogP contribution in [0, 0.1) is 13.8 Å². The third-order valence-electron chi connectivity index (χ3n) is 2.31. The first kappa shape index (κ1) is 9.28. The highest BCUT2D eigenvalue weighted by Crippen LogP contribution is 2.19. The standard InChI is InChI=1S/C11H11ClN2/c1-8-6-14(7-9(8)2)10-4-3-5-13-11(10)12/h3-7H,1-2H3. The van der Waals surface area contributed by atoms with Gasteiger partial charge >= 0.3 is 0 Å². The molecule has 0 aliphatic heterocycles. The molecule has 0 spiro atoms. The summed E-state index contributed by atoms with van der Waals surface area (Å²) in [5.74, 6) is 0. The van der Waals surface area contributed by atoms with Crippen LogP contribution in [0.2, 0.25) is 5.15 Å². The minimum Gasteiger partial charge on any atom is -0.321 e. The second kappa shape index (κ2) is 3.46. The molecule has 0 aromatic carbocycles. The SMILES string of the molecule is Cc1cn(-c2cccnc2Cl)cc1C. The molecule has 2 aromatic heterocycles. The minimum atomic E-state index is 0.530. The van der Waals surface area contributed by atoms with Crippen LogP contribution in [0.3, 0.4) is 0 Å². The predicted octanol–water partition coefficient (Wildman–Crippen LogP) is 3.14. The van der Waals surface area contributed by atoms with Gasteiger partial charge in [0.2, 0.25) is 0 Å². The monoisotopic (exact) mass is 206 g/mol. The number of rotatable bonds is 1. The lowest BCUT2D eigenvalue weighted by molar-refractivity contribution is 1.05. The van der Waals surface area contributed by atoms with Crippen molar-refractivity contribution in [1.82, 2.24) is 9.55 Å². The largest absolute Gasteiger partial charge is 0.321 e. The van der Waals surface area contributed by atoms with Crippen LogP contribution in [0.4, 0.5) is 0 Å². The molecule has 2 aromatic rings. The molecule has 72 valence electrons. The van der Waals surface area contributed by atoms with Gasteiger partial charge in [-0.1, -0.05) is 11.6 Å². The van der Waals surface area contributed by atoms with E-state index in [1.807, 2.05) is 16.7 Å². The Bertz CT molecular complexity index is 441. The molecule has 0 radical (unpaired) electrons. The molecule has 0 N–H and O–H groups in total. The Labute approximate surface area is 88.2 Å². The maximum absolute atomic E-state index is 5.99. The fourth-order valence-electron chi connectivity index (χ4n) is 1.37. The maximum Gasteiger partial charge on any atom is 0.152 e. The first-order valence-corrected chi connectivity index (χ1v) is 4.82. The first-order valence-electron chi connectivity index (χ1n) is 4.44. The van der Waals surface area contributed by atoms with Crippen LogP contribution in [0.5, 0.6) is 0 Å². The van der Waals surface area contributed by atoms with Crippen LogP contribution in [0.25, 0.3) is 5.69 Å². The number of nitrogens with zero attached hydrogens (tertiary/aromatic N) is 2. The summed E-state index contributed by atoms with van der Waals surface area (Å²) >= 11 is 5.99. The second-order valence-corrected chi connectivity index (χ2v) is 3.70. The van der Waals surface area contributed by atoms with Gasteiger partial charge in [0.1, 0.15) is 0 Å². The zero-order valence-electron chi connectivity index (χ0n) is 8.16. The summed E-state index contributed by atoms with van der Waals surface area (Å²) in [6, 6.07) is 3.83. The van der Waals surface area contributed by atoms with Gasteiger partial charge in [-0.05, 0) is 37.1 Å². The number of aromatic nitrogens is 2. The molecule has 2 nitrogen and oxygen atoms in total. The molecular formula is C11H11ClN2. The van der Waals surface area contributed by atoms with E-state index in [-0.39, 0.29) is 0 Å². The third kappa shape index (κ3) is 1.53. The molecular weight excluding hydrogens is 196 g/mol. The summed E-state index contributed by atoms with van der Waals surface area (Å²) in [4.78, 5) is 4.04. The van der Waals surface area contributed by atoms with Crippen LogP contribution in [-0.2, 0) is 0 Å². The molecule has 2 rings (SSSR count). The molecule has 0 saturated heterocycles. The van der Waals surface area contributed by atoms with Gasteiger partial charge in [0.25, 0.3) is 0 Å². The number of halogens is 1. The third-order valence-corrected chi connectivity index (χ3v) is 2.60. The molecule has 0 bridgehead atoms. The smallest absolute Gasteiger partial charge is 0.152 e. The molecule has 0 unspecified atom stereocenters. The zero-order valence-corrected chi connectivity index (χ0v) is 8.92. The first-order chi connectivity index (χ1) is 6.68. The van der Waals surface area contributed by atoms with Gasteiger partial charge in [-0.25, -0.2) is 4.98 Å². The molecule has 0 aliphatic rings. The highest BCUT2D eigenvalue weighted by Gasteiger charge is 2.04. The van der Waals surface area contributed by atoms with Crippen molar-refractivity contribution in [3.8, 4) is 5.69 Å². The average Bonchev–Trinajstić information content (AvgIpc) is 2.48. The number of hydrogen-bond acceptors (Lipinski definition) is 1. The van der Waals surface area contributed by atoms with Crippen molar-refractivity contribution in [3.05, 3.63) is 47.0 Å².